The van der Waals surface area contributed by atoms with E-state index < -0.39 is 5.97 Å². The number of amides is 1. The van der Waals surface area contributed by atoms with Crippen molar-refractivity contribution in [3.63, 3.8) is 0 Å². The first-order valence-corrected chi connectivity index (χ1v) is 5.65. The summed E-state index contributed by atoms with van der Waals surface area (Å²) < 4.78 is 0. The Morgan fingerprint density at radius 1 is 1.41 bits per heavy atom. The molecule has 1 N–H and O–H groups in total. The van der Waals surface area contributed by atoms with Gasteiger partial charge in [0.05, 0.1) is 0 Å². The summed E-state index contributed by atoms with van der Waals surface area (Å²) in [6.45, 7) is 2.02. The molecule has 0 aliphatic carbocycles. The van der Waals surface area contributed by atoms with E-state index in [4.69, 9.17) is 5.11 Å². The first-order valence-electron chi connectivity index (χ1n) is 5.65. The maximum Gasteiger partial charge on any atom is 0.323 e. The molecular weight excluding hydrogens is 218 g/mol. The number of nitrogens with zero attached hydrogens (tertiary/aromatic N) is 1. The SMILES string of the molecule is C[C@H]1Cc2ccccc2CN(CC(=O)O)C1=O. The van der Waals surface area contributed by atoms with Crippen molar-refractivity contribution in [1.29, 1.82) is 0 Å². The number of benzene rings is 1. The number of aliphatic carboxylic acids is 1. The summed E-state index contributed by atoms with van der Waals surface area (Å²) >= 11 is 0. The van der Waals surface area contributed by atoms with Crippen LogP contribution in [0.4, 0.5) is 0 Å². The topological polar surface area (TPSA) is 57.6 Å². The highest BCUT2D eigenvalue weighted by molar-refractivity contribution is 5.83. The van der Waals surface area contributed by atoms with Crippen molar-refractivity contribution >= 4 is 11.9 Å². The third-order valence-corrected chi connectivity index (χ3v) is 3.07. The van der Waals surface area contributed by atoms with E-state index in [1.807, 2.05) is 31.2 Å². The van der Waals surface area contributed by atoms with Gasteiger partial charge in [-0.05, 0) is 17.5 Å². The summed E-state index contributed by atoms with van der Waals surface area (Å²) in [5, 5.41) is 8.82. The highest BCUT2D eigenvalue weighted by Gasteiger charge is 2.27. The smallest absolute Gasteiger partial charge is 0.323 e. The van der Waals surface area contributed by atoms with Crippen molar-refractivity contribution in [1.82, 2.24) is 4.90 Å². The van der Waals surface area contributed by atoms with Gasteiger partial charge < -0.3 is 10.0 Å². The lowest BCUT2D eigenvalue weighted by Crippen LogP contribution is -2.37. The quantitative estimate of drug-likeness (QED) is 0.837. The average Bonchev–Trinajstić information content (AvgIpc) is 2.38. The van der Waals surface area contributed by atoms with Crippen LogP contribution in [-0.2, 0) is 22.6 Å². The van der Waals surface area contributed by atoms with Crippen LogP contribution >= 0.6 is 0 Å². The van der Waals surface area contributed by atoms with Crippen molar-refractivity contribution in [3.8, 4) is 0 Å². The monoisotopic (exact) mass is 233 g/mol. The summed E-state index contributed by atoms with van der Waals surface area (Å²) in [5.41, 5.74) is 2.19. The van der Waals surface area contributed by atoms with Crippen LogP contribution in [0.25, 0.3) is 0 Å². The van der Waals surface area contributed by atoms with E-state index in [0.717, 1.165) is 11.1 Å². The highest BCUT2D eigenvalue weighted by Crippen LogP contribution is 2.22. The first-order chi connectivity index (χ1) is 8.08. The lowest BCUT2D eigenvalue weighted by molar-refractivity contribution is -0.146. The van der Waals surface area contributed by atoms with Gasteiger partial charge in [0.25, 0.3) is 0 Å². The van der Waals surface area contributed by atoms with Crippen molar-refractivity contribution in [3.05, 3.63) is 35.4 Å². The zero-order valence-corrected chi connectivity index (χ0v) is 9.72. The molecule has 1 aromatic carbocycles. The molecule has 90 valence electrons. The van der Waals surface area contributed by atoms with Gasteiger partial charge in [-0.1, -0.05) is 31.2 Å². The van der Waals surface area contributed by atoms with Gasteiger partial charge in [-0.2, -0.15) is 0 Å². The van der Waals surface area contributed by atoms with Crippen LogP contribution in [0.1, 0.15) is 18.1 Å². The predicted octanol–water partition coefficient (Wildman–Crippen LogP) is 1.29. The van der Waals surface area contributed by atoms with Gasteiger partial charge in [0.1, 0.15) is 6.54 Å². The Morgan fingerprint density at radius 3 is 2.71 bits per heavy atom. The van der Waals surface area contributed by atoms with Gasteiger partial charge >= 0.3 is 5.97 Å². The minimum atomic E-state index is -0.968. The van der Waals surface area contributed by atoms with E-state index in [2.05, 4.69) is 0 Å². The van der Waals surface area contributed by atoms with E-state index in [-0.39, 0.29) is 18.4 Å². The summed E-state index contributed by atoms with van der Waals surface area (Å²) in [5.74, 6) is -1.20. The van der Waals surface area contributed by atoms with Crippen LogP contribution in [0.2, 0.25) is 0 Å². The predicted molar refractivity (Wildman–Crippen MR) is 62.4 cm³/mol. The van der Waals surface area contributed by atoms with Gasteiger partial charge in [0.2, 0.25) is 5.91 Å². The molecule has 1 aliphatic rings. The van der Waals surface area contributed by atoms with E-state index in [0.29, 0.717) is 13.0 Å². The van der Waals surface area contributed by atoms with E-state index in [1.54, 1.807) is 0 Å². The largest absolute Gasteiger partial charge is 0.480 e. The summed E-state index contributed by atoms with van der Waals surface area (Å²) in [6, 6.07) is 7.82. The lowest BCUT2D eigenvalue weighted by Gasteiger charge is -2.20. The zero-order valence-electron chi connectivity index (χ0n) is 9.72. The van der Waals surface area contributed by atoms with Gasteiger partial charge in [-0.3, -0.25) is 9.59 Å². The second-order valence-electron chi connectivity index (χ2n) is 4.46. The second kappa shape index (κ2) is 4.57. The molecule has 1 heterocycles. The summed E-state index contributed by atoms with van der Waals surface area (Å²) in [6.07, 6.45) is 0.686. The Morgan fingerprint density at radius 2 is 2.06 bits per heavy atom. The van der Waals surface area contributed by atoms with Crippen LogP contribution in [0.3, 0.4) is 0 Å². The lowest BCUT2D eigenvalue weighted by atomic mass is 9.98. The van der Waals surface area contributed by atoms with Gasteiger partial charge in [-0.15, -0.1) is 0 Å². The normalized spacial score (nSPS) is 19.7. The number of carbonyl (C=O) groups is 2. The maximum atomic E-state index is 12.0. The Bertz CT molecular complexity index is 456. The second-order valence-corrected chi connectivity index (χ2v) is 4.46. The molecule has 0 saturated heterocycles. The number of carboxylic acids is 1. The van der Waals surface area contributed by atoms with Crippen molar-refractivity contribution in [2.45, 2.75) is 19.9 Å². The van der Waals surface area contributed by atoms with Gasteiger partial charge in [0, 0.05) is 12.5 Å². The van der Waals surface area contributed by atoms with E-state index in [1.165, 1.54) is 4.90 Å². The van der Waals surface area contributed by atoms with Crippen molar-refractivity contribution in [2.24, 2.45) is 5.92 Å². The molecule has 4 nitrogen and oxygen atoms in total. The van der Waals surface area contributed by atoms with E-state index >= 15 is 0 Å². The fraction of sp³-hybridized carbons (Fsp3) is 0.385. The molecule has 1 amide bonds. The highest BCUT2D eigenvalue weighted by atomic mass is 16.4. The Kier molecular flexibility index (Phi) is 3.13. The third-order valence-electron chi connectivity index (χ3n) is 3.07. The fourth-order valence-electron chi connectivity index (χ4n) is 2.22. The number of rotatable bonds is 2. The van der Waals surface area contributed by atoms with Crippen LogP contribution in [0.15, 0.2) is 24.3 Å². The molecule has 0 unspecified atom stereocenters. The molecule has 0 radical (unpaired) electrons. The van der Waals surface area contributed by atoms with Crippen LogP contribution in [-0.4, -0.2) is 28.4 Å². The number of carboxylic acid groups (broad SMARTS) is 1. The maximum absolute atomic E-state index is 12.0. The Labute approximate surface area is 99.9 Å². The molecular formula is C13H15NO3. The van der Waals surface area contributed by atoms with Gasteiger partial charge in [-0.25, -0.2) is 0 Å². The van der Waals surface area contributed by atoms with Crippen molar-refractivity contribution < 1.29 is 14.7 Å². The van der Waals surface area contributed by atoms with Crippen molar-refractivity contribution in [2.75, 3.05) is 6.54 Å². The van der Waals surface area contributed by atoms with E-state index in [9.17, 15) is 9.59 Å². The molecule has 0 spiro atoms. The van der Waals surface area contributed by atoms with Gasteiger partial charge in [0.15, 0.2) is 0 Å². The molecule has 1 aromatic rings. The number of hydrogen-bond donors (Lipinski definition) is 1. The molecule has 0 aromatic heterocycles. The molecule has 0 saturated carbocycles. The number of hydrogen-bond acceptors (Lipinski definition) is 2. The molecule has 17 heavy (non-hydrogen) atoms. The number of carbonyl (C=O) groups excluding carboxylic acids is 1. The standard InChI is InChI=1S/C13H15NO3/c1-9-6-10-4-2-3-5-11(10)7-14(13(9)17)8-12(15)16/h2-5,9H,6-8H2,1H3,(H,15,16)/t9-/m0/s1. The fourth-order valence-corrected chi connectivity index (χ4v) is 2.22. The molecule has 4 heteroatoms. The molecule has 2 rings (SSSR count). The number of fused-ring (bicyclic) bond motifs is 1. The Hall–Kier alpha value is -1.84. The average molecular weight is 233 g/mol. The minimum absolute atomic E-state index is 0.0800. The minimum Gasteiger partial charge on any atom is -0.480 e. The van der Waals surface area contributed by atoms with Crippen LogP contribution in [0, 0.1) is 5.92 Å². The summed E-state index contributed by atoms with van der Waals surface area (Å²) in [7, 11) is 0. The summed E-state index contributed by atoms with van der Waals surface area (Å²) in [4.78, 5) is 24.2. The molecule has 0 bridgehead atoms. The first kappa shape index (κ1) is 11.6. The van der Waals surface area contributed by atoms with Crippen LogP contribution < -0.4 is 0 Å². The third kappa shape index (κ3) is 2.46. The zero-order chi connectivity index (χ0) is 12.4. The molecule has 0 fully saturated rings. The molecule has 1 aliphatic heterocycles. The Balaban J connectivity index is 2.31. The molecule has 1 atom stereocenters. The van der Waals surface area contributed by atoms with Crippen LogP contribution in [0.5, 0.6) is 0 Å².